The lowest BCUT2D eigenvalue weighted by Gasteiger charge is -2.00. The number of nitrogens with zero attached hydrogens (tertiary/aromatic N) is 1. The Balaban J connectivity index is 3.23. The van der Waals surface area contributed by atoms with Gasteiger partial charge in [-0.3, -0.25) is 5.41 Å². The second kappa shape index (κ2) is 2.75. The van der Waals surface area contributed by atoms with Crippen molar-refractivity contribution in [2.75, 3.05) is 11.5 Å². The summed E-state index contributed by atoms with van der Waals surface area (Å²) in [5.74, 6) is 0.221. The summed E-state index contributed by atoms with van der Waals surface area (Å²) < 4.78 is 0. The van der Waals surface area contributed by atoms with Crippen molar-refractivity contribution in [3.05, 3.63) is 17.8 Å². The Hall–Kier alpha value is -1.29. The van der Waals surface area contributed by atoms with Crippen molar-refractivity contribution in [3.8, 4) is 0 Å². The smallest absolute Gasteiger partial charge is 0.133 e. The van der Waals surface area contributed by atoms with Gasteiger partial charge in [-0.2, -0.15) is 0 Å². The molecule has 0 saturated carbocycles. The highest BCUT2D eigenvalue weighted by molar-refractivity contribution is 6.69. The van der Waals surface area contributed by atoms with Crippen molar-refractivity contribution in [1.82, 2.24) is 4.98 Å². The molecule has 1 rings (SSSR count). The average molecular weight is 171 g/mol. The topological polar surface area (TPSA) is 88.8 Å². The van der Waals surface area contributed by atoms with Gasteiger partial charge in [-0.05, 0) is 6.07 Å². The first-order valence-corrected chi connectivity index (χ1v) is 3.24. The van der Waals surface area contributed by atoms with Crippen LogP contribution >= 0.6 is 11.6 Å². The predicted molar refractivity (Wildman–Crippen MR) is 45.7 cm³/mol. The fourth-order valence-electron chi connectivity index (χ4n) is 0.667. The zero-order valence-electron chi connectivity index (χ0n) is 5.63. The van der Waals surface area contributed by atoms with E-state index in [1.54, 1.807) is 0 Å². The van der Waals surface area contributed by atoms with Crippen molar-refractivity contribution in [3.63, 3.8) is 0 Å². The minimum atomic E-state index is -0.151. The molecular weight excluding hydrogens is 164 g/mol. The van der Waals surface area contributed by atoms with Crippen LogP contribution in [-0.4, -0.2) is 10.2 Å². The summed E-state index contributed by atoms with van der Waals surface area (Å²) in [4.78, 5) is 3.73. The number of hydrogen-bond donors (Lipinski definition) is 3. The number of nitrogens with one attached hydrogen (secondary N) is 1. The number of anilines is 2. The van der Waals surface area contributed by atoms with E-state index in [1.807, 2.05) is 0 Å². The molecule has 11 heavy (non-hydrogen) atoms. The van der Waals surface area contributed by atoms with Gasteiger partial charge in [0.1, 0.15) is 11.0 Å². The van der Waals surface area contributed by atoms with E-state index >= 15 is 0 Å². The van der Waals surface area contributed by atoms with Crippen molar-refractivity contribution in [1.29, 1.82) is 5.41 Å². The Morgan fingerprint density at radius 1 is 1.55 bits per heavy atom. The molecule has 0 aliphatic carbocycles. The van der Waals surface area contributed by atoms with Gasteiger partial charge in [0.05, 0.1) is 17.4 Å². The lowest BCUT2D eigenvalue weighted by molar-refractivity contribution is 1.32. The highest BCUT2D eigenvalue weighted by Gasteiger charge is 2.03. The normalized spacial score (nSPS) is 9.55. The first-order chi connectivity index (χ1) is 5.11. The number of nitrogens with two attached hydrogens (primary N) is 2. The maximum atomic E-state index is 7.06. The molecule has 0 aromatic carbocycles. The van der Waals surface area contributed by atoms with Crippen LogP contribution in [0.15, 0.2) is 12.3 Å². The highest BCUT2D eigenvalue weighted by atomic mass is 35.5. The fraction of sp³-hybridized carbons (Fsp3) is 0. The number of hydrogen-bond acceptors (Lipinski definition) is 4. The van der Waals surface area contributed by atoms with Gasteiger partial charge in [0.25, 0.3) is 0 Å². The van der Waals surface area contributed by atoms with Crippen molar-refractivity contribution in [2.24, 2.45) is 0 Å². The van der Waals surface area contributed by atoms with E-state index in [1.165, 1.54) is 12.3 Å². The van der Waals surface area contributed by atoms with Gasteiger partial charge in [-0.1, -0.05) is 11.6 Å². The molecule has 1 heterocycles. The summed E-state index contributed by atoms with van der Waals surface area (Å²) in [5.41, 5.74) is 11.6. The molecule has 0 atom stereocenters. The van der Waals surface area contributed by atoms with Crippen LogP contribution in [-0.2, 0) is 0 Å². The predicted octanol–water partition coefficient (Wildman–Crippen LogP) is 0.810. The van der Waals surface area contributed by atoms with E-state index < -0.39 is 0 Å². The SMILES string of the molecule is N=C(Cl)c1cc(N)cnc1N. The third-order valence-electron chi connectivity index (χ3n) is 1.18. The minimum absolute atomic E-state index is 0.151. The van der Waals surface area contributed by atoms with Gasteiger partial charge in [-0.15, -0.1) is 0 Å². The van der Waals surface area contributed by atoms with E-state index in [-0.39, 0.29) is 11.0 Å². The molecule has 0 bridgehead atoms. The summed E-state index contributed by atoms with van der Waals surface area (Å²) in [6.45, 7) is 0. The van der Waals surface area contributed by atoms with Gasteiger partial charge >= 0.3 is 0 Å². The first kappa shape index (κ1) is 7.81. The van der Waals surface area contributed by atoms with Crippen LogP contribution in [0.1, 0.15) is 5.56 Å². The molecule has 5 heteroatoms. The van der Waals surface area contributed by atoms with Gasteiger partial charge in [0.15, 0.2) is 0 Å². The summed E-state index contributed by atoms with van der Waals surface area (Å²) in [7, 11) is 0. The molecule has 0 amide bonds. The Labute approximate surface area is 68.7 Å². The number of aromatic nitrogens is 1. The lowest BCUT2D eigenvalue weighted by Crippen LogP contribution is -2.01. The molecule has 0 radical (unpaired) electrons. The summed E-state index contributed by atoms with van der Waals surface area (Å²) in [6.07, 6.45) is 1.42. The van der Waals surface area contributed by atoms with Crippen LogP contribution < -0.4 is 11.5 Å². The first-order valence-electron chi connectivity index (χ1n) is 2.86. The maximum absolute atomic E-state index is 7.06. The van der Waals surface area contributed by atoms with Crippen LogP contribution in [0.25, 0.3) is 0 Å². The molecular formula is C6H7ClN4. The second-order valence-electron chi connectivity index (χ2n) is 2.02. The Bertz CT molecular complexity index is 297. The van der Waals surface area contributed by atoms with Gasteiger partial charge in [0, 0.05) is 0 Å². The molecule has 1 aromatic rings. The highest BCUT2D eigenvalue weighted by Crippen LogP contribution is 2.13. The number of pyridine rings is 1. The van der Waals surface area contributed by atoms with Crippen LogP contribution in [0.2, 0.25) is 0 Å². The standard InChI is InChI=1S/C6H7ClN4/c7-5(9)4-1-3(8)2-11-6(4)10/h1-2,9H,8H2,(H2,10,11). The molecule has 58 valence electrons. The van der Waals surface area contributed by atoms with Crippen LogP contribution in [0.4, 0.5) is 11.5 Å². The number of nitrogen functional groups attached to an aromatic ring is 2. The van der Waals surface area contributed by atoms with E-state index in [9.17, 15) is 0 Å². The molecule has 4 nitrogen and oxygen atoms in total. The van der Waals surface area contributed by atoms with Gasteiger partial charge in [0.2, 0.25) is 0 Å². The second-order valence-corrected chi connectivity index (χ2v) is 2.39. The van der Waals surface area contributed by atoms with Gasteiger partial charge in [-0.25, -0.2) is 4.98 Å². The van der Waals surface area contributed by atoms with Crippen LogP contribution in [0, 0.1) is 5.41 Å². The number of halogens is 1. The molecule has 0 saturated heterocycles. The monoisotopic (exact) mass is 170 g/mol. The third-order valence-corrected chi connectivity index (χ3v) is 1.38. The zero-order chi connectivity index (χ0) is 8.43. The van der Waals surface area contributed by atoms with E-state index in [0.717, 1.165) is 0 Å². The number of rotatable bonds is 1. The minimum Gasteiger partial charge on any atom is -0.397 e. The van der Waals surface area contributed by atoms with Crippen molar-refractivity contribution >= 4 is 28.3 Å². The zero-order valence-corrected chi connectivity index (χ0v) is 6.39. The van der Waals surface area contributed by atoms with Crippen LogP contribution in [0.3, 0.4) is 0 Å². The largest absolute Gasteiger partial charge is 0.397 e. The van der Waals surface area contributed by atoms with E-state index in [2.05, 4.69) is 4.98 Å². The van der Waals surface area contributed by atoms with Gasteiger partial charge < -0.3 is 11.5 Å². The molecule has 0 aliphatic rings. The Kier molecular flexibility index (Phi) is 1.96. The molecule has 5 N–H and O–H groups in total. The summed E-state index contributed by atoms with van der Waals surface area (Å²) in [5, 5.41) is 6.91. The maximum Gasteiger partial charge on any atom is 0.133 e. The summed E-state index contributed by atoms with van der Waals surface area (Å²) >= 11 is 5.39. The molecule has 1 aromatic heterocycles. The molecule has 0 unspecified atom stereocenters. The summed E-state index contributed by atoms with van der Waals surface area (Å²) in [6, 6.07) is 1.51. The Morgan fingerprint density at radius 2 is 2.18 bits per heavy atom. The van der Waals surface area contributed by atoms with Crippen molar-refractivity contribution in [2.45, 2.75) is 0 Å². The average Bonchev–Trinajstić information content (AvgIpc) is 1.94. The lowest BCUT2D eigenvalue weighted by atomic mass is 10.2. The van der Waals surface area contributed by atoms with Crippen LogP contribution in [0.5, 0.6) is 0 Å². The van der Waals surface area contributed by atoms with E-state index in [0.29, 0.717) is 11.3 Å². The van der Waals surface area contributed by atoms with E-state index in [4.69, 9.17) is 28.5 Å². The molecule has 0 spiro atoms. The quantitative estimate of drug-likeness (QED) is 0.545. The molecule has 0 fully saturated rings. The Morgan fingerprint density at radius 3 is 2.64 bits per heavy atom. The fourth-order valence-corrected chi connectivity index (χ4v) is 0.819. The van der Waals surface area contributed by atoms with Crippen molar-refractivity contribution < 1.29 is 0 Å². The third kappa shape index (κ3) is 1.59. The molecule has 0 aliphatic heterocycles.